The minimum absolute atomic E-state index is 0.00291. The molecule has 0 aromatic heterocycles. The molecule has 0 fully saturated rings. The maximum Gasteiger partial charge on any atom is 0.0278 e. The lowest BCUT2D eigenvalue weighted by Crippen LogP contribution is -2.48. The van der Waals surface area contributed by atoms with E-state index in [1.165, 1.54) is 6.42 Å². The van der Waals surface area contributed by atoms with Gasteiger partial charge >= 0.3 is 0 Å². The molecule has 0 amide bonds. The van der Waals surface area contributed by atoms with Gasteiger partial charge in [0, 0.05) is 12.1 Å². The summed E-state index contributed by atoms with van der Waals surface area (Å²) in [6.45, 7) is 10.2. The fourth-order valence-electron chi connectivity index (χ4n) is 1.60. The first-order valence-electron chi connectivity index (χ1n) is 5.66. The summed E-state index contributed by atoms with van der Waals surface area (Å²) in [5.41, 5.74) is 6.24. The quantitative estimate of drug-likeness (QED) is 0.479. The van der Waals surface area contributed by atoms with Gasteiger partial charge in [-0.2, -0.15) is 0 Å². The summed E-state index contributed by atoms with van der Waals surface area (Å²) in [6, 6.07) is 0. The fourth-order valence-corrected chi connectivity index (χ4v) is 1.60. The van der Waals surface area contributed by atoms with E-state index in [2.05, 4.69) is 32.4 Å². The molecule has 0 aliphatic heterocycles. The Morgan fingerprint density at radius 1 is 1.36 bits per heavy atom. The van der Waals surface area contributed by atoms with Crippen LogP contribution in [0.5, 0.6) is 0 Å². The Morgan fingerprint density at radius 2 is 1.93 bits per heavy atom. The maximum absolute atomic E-state index is 6.24. The second-order valence-electron chi connectivity index (χ2n) is 4.24. The zero-order valence-electron chi connectivity index (χ0n) is 10.1. The molecule has 0 radical (unpaired) electrons. The molecule has 0 aromatic carbocycles. The van der Waals surface area contributed by atoms with E-state index < -0.39 is 0 Å². The zero-order valence-corrected chi connectivity index (χ0v) is 10.1. The van der Waals surface area contributed by atoms with Crippen molar-refractivity contribution in [1.29, 1.82) is 0 Å². The second kappa shape index (κ2) is 7.02. The maximum atomic E-state index is 6.24. The summed E-state index contributed by atoms with van der Waals surface area (Å²) in [5, 5.41) is 0. The SMILES string of the molecule is C=CCCCN(C)CC(N)(CC)CC. The van der Waals surface area contributed by atoms with Crippen molar-refractivity contribution in [2.45, 2.75) is 45.1 Å². The standard InChI is InChI=1S/C12H26N2/c1-5-8-9-10-14(4)11-12(13,6-2)7-3/h5H,1,6-11,13H2,2-4H3. The van der Waals surface area contributed by atoms with Gasteiger partial charge in [0.15, 0.2) is 0 Å². The molecule has 0 bridgehead atoms. The van der Waals surface area contributed by atoms with Crippen LogP contribution in [0, 0.1) is 0 Å². The Balaban J connectivity index is 3.78. The van der Waals surface area contributed by atoms with Crippen LogP contribution in [0.1, 0.15) is 39.5 Å². The summed E-state index contributed by atoms with van der Waals surface area (Å²) < 4.78 is 0. The van der Waals surface area contributed by atoms with E-state index >= 15 is 0 Å². The van der Waals surface area contributed by atoms with Crippen LogP contribution in [0.2, 0.25) is 0 Å². The summed E-state index contributed by atoms with van der Waals surface area (Å²) in [6.07, 6.45) is 6.36. The van der Waals surface area contributed by atoms with Gasteiger partial charge in [0.1, 0.15) is 0 Å². The van der Waals surface area contributed by atoms with Gasteiger partial charge in [-0.1, -0.05) is 19.9 Å². The number of likely N-dealkylation sites (N-methyl/N-ethyl adjacent to an activating group) is 1. The van der Waals surface area contributed by atoms with Crippen LogP contribution in [-0.2, 0) is 0 Å². The first-order chi connectivity index (χ1) is 6.58. The third-order valence-electron chi connectivity index (χ3n) is 2.94. The van der Waals surface area contributed by atoms with Crippen LogP contribution in [-0.4, -0.2) is 30.6 Å². The Labute approximate surface area is 89.2 Å². The molecule has 0 atom stereocenters. The predicted octanol–water partition coefficient (Wildman–Crippen LogP) is 2.40. The lowest BCUT2D eigenvalue weighted by atomic mass is 9.93. The predicted molar refractivity (Wildman–Crippen MR) is 64.4 cm³/mol. The van der Waals surface area contributed by atoms with Gasteiger partial charge in [0.2, 0.25) is 0 Å². The highest BCUT2D eigenvalue weighted by Crippen LogP contribution is 2.12. The molecule has 0 aromatic rings. The highest BCUT2D eigenvalue weighted by molar-refractivity contribution is 4.84. The number of unbranched alkanes of at least 4 members (excludes halogenated alkanes) is 1. The molecule has 14 heavy (non-hydrogen) atoms. The molecule has 2 nitrogen and oxygen atoms in total. The van der Waals surface area contributed by atoms with Crippen molar-refractivity contribution in [1.82, 2.24) is 4.90 Å². The van der Waals surface area contributed by atoms with Gasteiger partial charge in [-0.15, -0.1) is 6.58 Å². The van der Waals surface area contributed by atoms with E-state index in [1.54, 1.807) is 0 Å². The van der Waals surface area contributed by atoms with E-state index in [9.17, 15) is 0 Å². The van der Waals surface area contributed by atoms with Crippen LogP contribution >= 0.6 is 0 Å². The van der Waals surface area contributed by atoms with Crippen LogP contribution in [0.4, 0.5) is 0 Å². The number of nitrogens with zero attached hydrogens (tertiary/aromatic N) is 1. The normalized spacial score (nSPS) is 12.1. The molecule has 84 valence electrons. The molecule has 0 rings (SSSR count). The van der Waals surface area contributed by atoms with Crippen LogP contribution in [0.25, 0.3) is 0 Å². The third kappa shape index (κ3) is 5.40. The fraction of sp³-hybridized carbons (Fsp3) is 0.833. The third-order valence-corrected chi connectivity index (χ3v) is 2.94. The number of nitrogens with two attached hydrogens (primary N) is 1. The lowest BCUT2D eigenvalue weighted by Gasteiger charge is -2.31. The Hall–Kier alpha value is -0.340. The van der Waals surface area contributed by atoms with Crippen molar-refractivity contribution in [3.05, 3.63) is 12.7 Å². The van der Waals surface area contributed by atoms with Crippen molar-refractivity contribution >= 4 is 0 Å². The van der Waals surface area contributed by atoms with Gasteiger partial charge in [-0.3, -0.25) is 0 Å². The van der Waals surface area contributed by atoms with Gasteiger partial charge < -0.3 is 10.6 Å². The molecule has 0 spiro atoms. The minimum atomic E-state index is 0.00291. The number of rotatable bonds is 8. The number of allylic oxidation sites excluding steroid dienone is 1. The molecule has 0 heterocycles. The van der Waals surface area contributed by atoms with Gasteiger partial charge in [-0.05, 0) is 39.3 Å². The lowest BCUT2D eigenvalue weighted by molar-refractivity contribution is 0.232. The van der Waals surface area contributed by atoms with Gasteiger partial charge in [-0.25, -0.2) is 0 Å². The first kappa shape index (κ1) is 13.7. The monoisotopic (exact) mass is 198 g/mol. The average molecular weight is 198 g/mol. The zero-order chi connectivity index (χ0) is 11.0. The summed E-state index contributed by atoms with van der Waals surface area (Å²) in [7, 11) is 2.15. The number of hydrogen-bond acceptors (Lipinski definition) is 2. The van der Waals surface area contributed by atoms with E-state index in [1.807, 2.05) is 6.08 Å². The topological polar surface area (TPSA) is 29.3 Å². The summed E-state index contributed by atoms with van der Waals surface area (Å²) in [5.74, 6) is 0. The molecule has 0 saturated heterocycles. The molecular weight excluding hydrogens is 172 g/mol. The van der Waals surface area contributed by atoms with Crippen LogP contribution < -0.4 is 5.73 Å². The van der Waals surface area contributed by atoms with E-state index in [-0.39, 0.29) is 5.54 Å². The average Bonchev–Trinajstić information content (AvgIpc) is 2.18. The Bertz CT molecular complexity index is 150. The van der Waals surface area contributed by atoms with Crippen LogP contribution in [0.15, 0.2) is 12.7 Å². The summed E-state index contributed by atoms with van der Waals surface area (Å²) in [4.78, 5) is 2.33. The number of hydrogen-bond donors (Lipinski definition) is 1. The van der Waals surface area contributed by atoms with Crippen molar-refractivity contribution in [3.8, 4) is 0 Å². The molecule has 0 saturated carbocycles. The van der Waals surface area contributed by atoms with Gasteiger partial charge in [0.25, 0.3) is 0 Å². The molecular formula is C12H26N2. The minimum Gasteiger partial charge on any atom is -0.324 e. The van der Waals surface area contributed by atoms with E-state index in [4.69, 9.17) is 5.73 Å². The molecule has 0 unspecified atom stereocenters. The smallest absolute Gasteiger partial charge is 0.0278 e. The second-order valence-corrected chi connectivity index (χ2v) is 4.24. The molecule has 2 N–H and O–H groups in total. The molecule has 0 aliphatic carbocycles. The van der Waals surface area contributed by atoms with E-state index in [0.29, 0.717) is 0 Å². The highest BCUT2D eigenvalue weighted by Gasteiger charge is 2.21. The summed E-state index contributed by atoms with van der Waals surface area (Å²) >= 11 is 0. The Morgan fingerprint density at radius 3 is 2.36 bits per heavy atom. The van der Waals surface area contributed by atoms with Gasteiger partial charge in [0.05, 0.1) is 0 Å². The van der Waals surface area contributed by atoms with Crippen LogP contribution in [0.3, 0.4) is 0 Å². The van der Waals surface area contributed by atoms with E-state index in [0.717, 1.165) is 32.4 Å². The highest BCUT2D eigenvalue weighted by atomic mass is 15.1. The molecule has 0 aliphatic rings. The Kier molecular flexibility index (Phi) is 6.85. The molecule has 2 heteroatoms. The van der Waals surface area contributed by atoms with Crippen molar-refractivity contribution in [2.24, 2.45) is 5.73 Å². The van der Waals surface area contributed by atoms with Crippen molar-refractivity contribution in [3.63, 3.8) is 0 Å². The largest absolute Gasteiger partial charge is 0.324 e. The van der Waals surface area contributed by atoms with Crippen molar-refractivity contribution < 1.29 is 0 Å². The van der Waals surface area contributed by atoms with Crippen molar-refractivity contribution in [2.75, 3.05) is 20.1 Å². The first-order valence-corrected chi connectivity index (χ1v) is 5.66.